The molecule has 0 amide bonds. The lowest BCUT2D eigenvalue weighted by atomic mass is 9.95. The SMILES string of the molecule is Cc1cc(C)c2c(c1)OC(C)C(O)C2. The van der Waals surface area contributed by atoms with Gasteiger partial charge in [0, 0.05) is 6.42 Å². The van der Waals surface area contributed by atoms with Crippen LogP contribution in [0.5, 0.6) is 5.75 Å². The van der Waals surface area contributed by atoms with Crippen LogP contribution in [0, 0.1) is 13.8 Å². The second kappa shape index (κ2) is 3.28. The highest BCUT2D eigenvalue weighted by molar-refractivity contribution is 5.44. The second-order valence-corrected chi connectivity index (χ2v) is 4.15. The monoisotopic (exact) mass is 192 g/mol. The number of ether oxygens (including phenoxy) is 1. The summed E-state index contributed by atoms with van der Waals surface area (Å²) in [5.74, 6) is 0.945. The number of aryl methyl sites for hydroxylation is 2. The van der Waals surface area contributed by atoms with Crippen LogP contribution in [0.25, 0.3) is 0 Å². The predicted octanol–water partition coefficient (Wildman–Crippen LogP) is 1.99. The summed E-state index contributed by atoms with van der Waals surface area (Å²) in [6, 6.07) is 4.18. The van der Waals surface area contributed by atoms with E-state index < -0.39 is 0 Å². The normalized spacial score (nSPS) is 25.4. The third-order valence-electron chi connectivity index (χ3n) is 2.84. The van der Waals surface area contributed by atoms with E-state index in [4.69, 9.17) is 4.74 Å². The molecule has 2 atom stereocenters. The lowest BCUT2D eigenvalue weighted by Gasteiger charge is -2.29. The Morgan fingerprint density at radius 1 is 1.36 bits per heavy atom. The molecule has 0 aromatic heterocycles. The molecular formula is C12H16O2. The average molecular weight is 192 g/mol. The van der Waals surface area contributed by atoms with Gasteiger partial charge in [0.2, 0.25) is 0 Å². The second-order valence-electron chi connectivity index (χ2n) is 4.15. The Morgan fingerprint density at radius 3 is 2.79 bits per heavy atom. The van der Waals surface area contributed by atoms with E-state index in [-0.39, 0.29) is 12.2 Å². The molecule has 0 spiro atoms. The van der Waals surface area contributed by atoms with Crippen molar-refractivity contribution in [3.05, 3.63) is 28.8 Å². The molecule has 2 heteroatoms. The van der Waals surface area contributed by atoms with Gasteiger partial charge in [0.15, 0.2) is 0 Å². The Labute approximate surface area is 84.5 Å². The lowest BCUT2D eigenvalue weighted by molar-refractivity contribution is 0.0326. The van der Waals surface area contributed by atoms with Crippen LogP contribution in [0.1, 0.15) is 23.6 Å². The van der Waals surface area contributed by atoms with Gasteiger partial charge in [0.1, 0.15) is 11.9 Å². The third-order valence-corrected chi connectivity index (χ3v) is 2.84. The zero-order valence-corrected chi connectivity index (χ0v) is 8.87. The van der Waals surface area contributed by atoms with Gasteiger partial charge in [-0.25, -0.2) is 0 Å². The Kier molecular flexibility index (Phi) is 2.23. The predicted molar refractivity (Wildman–Crippen MR) is 55.7 cm³/mol. The van der Waals surface area contributed by atoms with Crippen molar-refractivity contribution < 1.29 is 9.84 Å². The number of benzene rings is 1. The summed E-state index contributed by atoms with van der Waals surface area (Å²) in [5, 5.41) is 9.69. The molecule has 0 aliphatic carbocycles. The van der Waals surface area contributed by atoms with Gasteiger partial charge in [0.25, 0.3) is 0 Å². The van der Waals surface area contributed by atoms with Crippen molar-refractivity contribution in [2.24, 2.45) is 0 Å². The summed E-state index contributed by atoms with van der Waals surface area (Å²) in [6.07, 6.45) is 0.246. The van der Waals surface area contributed by atoms with E-state index in [1.165, 1.54) is 11.1 Å². The molecule has 1 N–H and O–H groups in total. The Balaban J connectivity index is 2.46. The molecule has 2 nitrogen and oxygen atoms in total. The fourth-order valence-electron chi connectivity index (χ4n) is 1.98. The first-order valence-corrected chi connectivity index (χ1v) is 5.03. The molecule has 1 aliphatic rings. The topological polar surface area (TPSA) is 29.5 Å². The lowest BCUT2D eigenvalue weighted by Crippen LogP contribution is -2.35. The van der Waals surface area contributed by atoms with Gasteiger partial charge in [-0.1, -0.05) is 6.07 Å². The fraction of sp³-hybridized carbons (Fsp3) is 0.500. The average Bonchev–Trinajstić information content (AvgIpc) is 2.08. The molecular weight excluding hydrogens is 176 g/mol. The summed E-state index contributed by atoms with van der Waals surface area (Å²) in [6.45, 7) is 6.04. The minimum absolute atomic E-state index is 0.0938. The molecule has 14 heavy (non-hydrogen) atoms. The Morgan fingerprint density at radius 2 is 2.07 bits per heavy atom. The number of hydrogen-bond donors (Lipinski definition) is 1. The highest BCUT2D eigenvalue weighted by Gasteiger charge is 2.25. The maximum absolute atomic E-state index is 9.69. The molecule has 0 fully saturated rings. The molecule has 1 heterocycles. The molecule has 1 aliphatic heterocycles. The first-order valence-electron chi connectivity index (χ1n) is 5.03. The fourth-order valence-corrected chi connectivity index (χ4v) is 1.98. The molecule has 2 unspecified atom stereocenters. The van der Waals surface area contributed by atoms with E-state index in [1.807, 2.05) is 13.0 Å². The highest BCUT2D eigenvalue weighted by atomic mass is 16.5. The van der Waals surface area contributed by atoms with Crippen LogP contribution in [-0.2, 0) is 6.42 Å². The van der Waals surface area contributed by atoms with Crippen molar-refractivity contribution in [2.45, 2.75) is 39.4 Å². The molecule has 2 rings (SSSR count). The molecule has 0 saturated carbocycles. The summed E-state index contributed by atoms with van der Waals surface area (Å²) >= 11 is 0. The number of aliphatic hydroxyl groups is 1. The van der Waals surface area contributed by atoms with E-state index in [9.17, 15) is 5.11 Å². The first-order chi connectivity index (χ1) is 6.58. The molecule has 1 aromatic carbocycles. The molecule has 76 valence electrons. The summed E-state index contributed by atoms with van der Waals surface area (Å²) < 4.78 is 5.66. The van der Waals surface area contributed by atoms with Gasteiger partial charge >= 0.3 is 0 Å². The Bertz CT molecular complexity index is 358. The number of aliphatic hydroxyl groups excluding tert-OH is 1. The van der Waals surface area contributed by atoms with E-state index >= 15 is 0 Å². The zero-order chi connectivity index (χ0) is 10.3. The summed E-state index contributed by atoms with van der Waals surface area (Å²) in [4.78, 5) is 0. The standard InChI is InChI=1S/C12H16O2/c1-7-4-8(2)10-6-11(13)9(3)14-12(10)5-7/h4-5,9,11,13H,6H2,1-3H3. The summed E-state index contributed by atoms with van der Waals surface area (Å²) in [5.41, 5.74) is 3.58. The van der Waals surface area contributed by atoms with Gasteiger partial charge in [0.05, 0.1) is 6.10 Å². The third kappa shape index (κ3) is 1.50. The van der Waals surface area contributed by atoms with Crippen LogP contribution >= 0.6 is 0 Å². The van der Waals surface area contributed by atoms with Crippen LogP contribution < -0.4 is 4.74 Å². The summed E-state index contributed by atoms with van der Waals surface area (Å²) in [7, 11) is 0. The quantitative estimate of drug-likeness (QED) is 0.681. The van der Waals surface area contributed by atoms with Gasteiger partial charge < -0.3 is 9.84 Å². The van der Waals surface area contributed by atoms with Crippen molar-refractivity contribution in [3.8, 4) is 5.75 Å². The van der Waals surface area contributed by atoms with Crippen LogP contribution in [0.3, 0.4) is 0 Å². The van der Waals surface area contributed by atoms with E-state index in [2.05, 4.69) is 19.9 Å². The molecule has 1 aromatic rings. The van der Waals surface area contributed by atoms with Gasteiger partial charge in [-0.15, -0.1) is 0 Å². The van der Waals surface area contributed by atoms with Crippen molar-refractivity contribution in [3.63, 3.8) is 0 Å². The van der Waals surface area contributed by atoms with E-state index in [0.29, 0.717) is 6.42 Å². The van der Waals surface area contributed by atoms with Gasteiger partial charge in [-0.05, 0) is 43.5 Å². The number of hydrogen-bond acceptors (Lipinski definition) is 2. The molecule has 0 bridgehead atoms. The molecule has 0 radical (unpaired) electrons. The minimum Gasteiger partial charge on any atom is -0.488 e. The smallest absolute Gasteiger partial charge is 0.123 e. The zero-order valence-electron chi connectivity index (χ0n) is 8.87. The molecule has 0 saturated heterocycles. The van der Waals surface area contributed by atoms with Gasteiger partial charge in [-0.2, -0.15) is 0 Å². The van der Waals surface area contributed by atoms with Crippen molar-refractivity contribution in [1.82, 2.24) is 0 Å². The van der Waals surface area contributed by atoms with Gasteiger partial charge in [-0.3, -0.25) is 0 Å². The minimum atomic E-state index is -0.371. The van der Waals surface area contributed by atoms with Crippen molar-refractivity contribution >= 4 is 0 Å². The van der Waals surface area contributed by atoms with Crippen LogP contribution in [0.15, 0.2) is 12.1 Å². The largest absolute Gasteiger partial charge is 0.488 e. The van der Waals surface area contributed by atoms with Crippen LogP contribution in [-0.4, -0.2) is 17.3 Å². The Hall–Kier alpha value is -1.02. The maximum Gasteiger partial charge on any atom is 0.123 e. The van der Waals surface area contributed by atoms with Crippen LogP contribution in [0.2, 0.25) is 0 Å². The highest BCUT2D eigenvalue weighted by Crippen LogP contribution is 2.31. The van der Waals surface area contributed by atoms with Crippen molar-refractivity contribution in [1.29, 1.82) is 0 Å². The number of fused-ring (bicyclic) bond motifs is 1. The number of rotatable bonds is 0. The van der Waals surface area contributed by atoms with Crippen LogP contribution in [0.4, 0.5) is 0 Å². The van der Waals surface area contributed by atoms with Crippen molar-refractivity contribution in [2.75, 3.05) is 0 Å². The van der Waals surface area contributed by atoms with E-state index in [1.54, 1.807) is 0 Å². The van der Waals surface area contributed by atoms with E-state index in [0.717, 1.165) is 11.3 Å². The first kappa shape index (κ1) is 9.53. The maximum atomic E-state index is 9.69.